The molecule has 18 aromatic carbocycles. The quantitative estimate of drug-likeness (QED) is 0.101. The molecule has 13 heteroatoms. The van der Waals surface area contributed by atoms with E-state index in [9.17, 15) is 0 Å². The van der Waals surface area contributed by atoms with Gasteiger partial charge in [0.15, 0.2) is 58.2 Å². The van der Waals surface area contributed by atoms with Crippen LogP contribution < -0.4 is 9.47 Å². The minimum Gasteiger partial charge on any atom is -0.457 e. The lowest BCUT2D eigenvalue weighted by Crippen LogP contribution is -2.32. The van der Waals surface area contributed by atoms with Gasteiger partial charge in [-0.2, -0.15) is 0 Å². The second-order valence-electron chi connectivity index (χ2n) is 34.2. The van der Waals surface area contributed by atoms with Crippen molar-refractivity contribution >= 4 is 0 Å². The van der Waals surface area contributed by atoms with Crippen LogP contribution in [-0.4, -0.2) is 54.8 Å². The Labute approximate surface area is 785 Å². The van der Waals surface area contributed by atoms with Gasteiger partial charge >= 0.3 is 0 Å². The second-order valence-corrected chi connectivity index (χ2v) is 34.2. The maximum absolute atomic E-state index is 6.70. The molecule has 0 amide bonds. The number of nitrogens with zero attached hydrogens (tertiary/aromatic N) is 11. The molecule has 636 valence electrons. The number of benzene rings is 18. The van der Waals surface area contributed by atoms with Gasteiger partial charge < -0.3 is 9.47 Å². The predicted octanol–water partition coefficient (Wildman–Crippen LogP) is 29.0. The fourth-order valence-corrected chi connectivity index (χ4v) is 20.0. The van der Waals surface area contributed by atoms with Crippen molar-refractivity contribution in [3.05, 3.63) is 512 Å². The Hall–Kier alpha value is -18.3. The van der Waals surface area contributed by atoms with E-state index in [4.69, 9.17) is 64.3 Å². The van der Waals surface area contributed by atoms with Gasteiger partial charge in [-0.15, -0.1) is 0 Å². The van der Waals surface area contributed by atoms with Crippen molar-refractivity contribution in [2.45, 2.75) is 10.8 Å². The van der Waals surface area contributed by atoms with Crippen LogP contribution in [0.2, 0.25) is 0 Å². The van der Waals surface area contributed by atoms with Gasteiger partial charge in [0, 0.05) is 89.0 Å². The van der Waals surface area contributed by atoms with E-state index >= 15 is 0 Å². The Bertz CT molecular complexity index is 7560. The molecule has 4 aromatic heterocycles. The van der Waals surface area contributed by atoms with Gasteiger partial charge in [0.25, 0.3) is 0 Å². The number of ether oxygens (including phenoxy) is 2. The van der Waals surface area contributed by atoms with Gasteiger partial charge in [-0.3, -0.25) is 0 Å². The van der Waals surface area contributed by atoms with E-state index in [1.54, 1.807) is 0 Å². The molecule has 0 unspecified atom stereocenters. The van der Waals surface area contributed by atoms with Crippen LogP contribution in [-0.2, 0) is 10.8 Å². The van der Waals surface area contributed by atoms with E-state index < -0.39 is 10.8 Å². The van der Waals surface area contributed by atoms with Crippen LogP contribution >= 0.6 is 0 Å². The molecule has 22 aromatic rings. The van der Waals surface area contributed by atoms with Crippen LogP contribution in [0, 0.1) is 0 Å². The van der Waals surface area contributed by atoms with Crippen molar-refractivity contribution in [1.82, 2.24) is 54.8 Å². The highest BCUT2D eigenvalue weighted by Gasteiger charge is 2.53. The van der Waals surface area contributed by atoms with Gasteiger partial charge in [-0.05, 0) is 121 Å². The topological polar surface area (TPSA) is 160 Å². The minimum atomic E-state index is -0.680. The molecule has 2 aliphatic heterocycles. The van der Waals surface area contributed by atoms with Gasteiger partial charge in [-0.25, -0.2) is 54.8 Å². The van der Waals surface area contributed by atoms with Crippen LogP contribution in [0.1, 0.15) is 44.5 Å². The number of fused-ring (bicyclic) bond motifs is 18. The van der Waals surface area contributed by atoms with Gasteiger partial charge in [0.2, 0.25) is 0 Å². The minimum absolute atomic E-state index is 0.609. The van der Waals surface area contributed by atoms with Gasteiger partial charge in [0.1, 0.15) is 23.0 Å². The van der Waals surface area contributed by atoms with Crippen molar-refractivity contribution in [2.24, 2.45) is 0 Å². The Morgan fingerprint density at radius 1 is 0.125 bits per heavy atom. The Kier molecular flexibility index (Phi) is 19.7. The fraction of sp³-hybridized carbons (Fsp3) is 0.0163. The number of hydrogen-bond acceptors (Lipinski definition) is 13. The molecule has 0 bridgehead atoms. The summed E-state index contributed by atoms with van der Waals surface area (Å²) >= 11 is 0. The highest BCUT2D eigenvalue weighted by atomic mass is 16.5. The first kappa shape index (κ1) is 79.8. The van der Waals surface area contributed by atoms with Gasteiger partial charge in [0.05, 0.1) is 22.2 Å². The van der Waals surface area contributed by atoms with Crippen LogP contribution in [0.4, 0.5) is 0 Å². The highest BCUT2D eigenvalue weighted by Crippen LogP contribution is 2.65. The Balaban J connectivity index is 0.000000145. The fourth-order valence-electron chi connectivity index (χ4n) is 20.0. The summed E-state index contributed by atoms with van der Waals surface area (Å²) in [7, 11) is 0. The maximum Gasteiger partial charge on any atom is 0.164 e. The molecular formula is C123H77N11O2. The molecule has 6 heterocycles. The van der Waals surface area contributed by atoms with Crippen molar-refractivity contribution < 1.29 is 9.47 Å². The normalized spacial score (nSPS) is 12.6. The summed E-state index contributed by atoms with van der Waals surface area (Å²) in [6.07, 6.45) is 0. The lowest BCUT2D eigenvalue weighted by atomic mass is 9.66. The number of para-hydroxylation sites is 4. The molecule has 2 spiro atoms. The van der Waals surface area contributed by atoms with E-state index in [1.807, 2.05) is 231 Å². The standard InChI is InChI=1S/C62H39N5O.C61H38N6O/c1-5-17-41(18-6-1)54-39-55(42-19-7-2-8-20-42)64-58(63-54)45-31-29-40(30-32-45)46-33-35-48-49-37-47(61-66-59(43-21-9-3-10-22-43)65-60(67-61)44-23-11-4-12-24-44)34-36-50(49)62(53(48)38-46)51-25-13-15-27-56(51)68-57-28-16-14-26-52(57)62;1-5-17-40(18-6-1)55-62-56(41-19-7-2-8-20-41)65-59(64-55)44-31-29-39(30-32-44)45-33-35-47-48-37-46(60-66-57(42-21-9-3-10-22-42)63-58(67-60)43-23-11-4-12-24-43)34-36-49(48)61(52(47)38-45)50-25-13-15-27-53(50)68-54-28-16-14-26-51(54)61/h1-39H;1-38H. The number of hydrogen-bond donors (Lipinski definition) is 0. The molecular weight excluding hydrogens is 1660 g/mol. The zero-order valence-electron chi connectivity index (χ0n) is 73.2. The van der Waals surface area contributed by atoms with Crippen LogP contribution in [0.25, 0.3) is 181 Å². The average molecular weight is 1740 g/mol. The van der Waals surface area contributed by atoms with Crippen molar-refractivity contribution in [3.63, 3.8) is 0 Å². The molecule has 0 fully saturated rings. The monoisotopic (exact) mass is 1740 g/mol. The van der Waals surface area contributed by atoms with Crippen molar-refractivity contribution in [1.29, 1.82) is 0 Å². The molecule has 2 aliphatic carbocycles. The number of rotatable bonds is 14. The first-order valence-electron chi connectivity index (χ1n) is 45.5. The third-order valence-corrected chi connectivity index (χ3v) is 26.3. The van der Waals surface area contributed by atoms with Crippen molar-refractivity contribution in [3.8, 4) is 204 Å². The predicted molar refractivity (Wildman–Crippen MR) is 539 cm³/mol. The van der Waals surface area contributed by atoms with E-state index in [-0.39, 0.29) is 0 Å². The number of aromatic nitrogens is 11. The van der Waals surface area contributed by atoms with Crippen LogP contribution in [0.15, 0.2) is 467 Å². The lowest BCUT2D eigenvalue weighted by Gasteiger charge is -2.39. The summed E-state index contributed by atoms with van der Waals surface area (Å²) in [4.78, 5) is 55.6. The average Bonchev–Trinajstić information content (AvgIpc) is 1.52. The first-order chi connectivity index (χ1) is 67.3. The largest absolute Gasteiger partial charge is 0.457 e. The zero-order valence-corrected chi connectivity index (χ0v) is 73.2. The first-order valence-corrected chi connectivity index (χ1v) is 45.5. The Morgan fingerprint density at radius 3 is 0.603 bits per heavy atom. The summed E-state index contributed by atoms with van der Waals surface area (Å²) in [6, 6.07) is 162. The van der Waals surface area contributed by atoms with E-state index in [1.165, 1.54) is 22.3 Å². The summed E-state index contributed by atoms with van der Waals surface area (Å²) in [5.41, 5.74) is 29.7. The molecule has 0 N–H and O–H groups in total. The molecule has 136 heavy (non-hydrogen) atoms. The van der Waals surface area contributed by atoms with E-state index in [0.29, 0.717) is 58.2 Å². The second kappa shape index (κ2) is 33.6. The summed E-state index contributed by atoms with van der Waals surface area (Å²) < 4.78 is 13.4. The van der Waals surface area contributed by atoms with E-state index in [0.717, 1.165) is 168 Å². The summed E-state index contributed by atoms with van der Waals surface area (Å²) in [6.45, 7) is 0. The lowest BCUT2D eigenvalue weighted by molar-refractivity contribution is 0.436. The third kappa shape index (κ3) is 14.0. The molecule has 26 rings (SSSR count). The maximum atomic E-state index is 6.70. The smallest absolute Gasteiger partial charge is 0.164 e. The van der Waals surface area contributed by atoms with Crippen LogP contribution in [0.3, 0.4) is 0 Å². The highest BCUT2D eigenvalue weighted by molar-refractivity contribution is 5.95. The summed E-state index contributed by atoms with van der Waals surface area (Å²) in [5, 5.41) is 0. The molecule has 0 radical (unpaired) electrons. The third-order valence-electron chi connectivity index (χ3n) is 26.3. The van der Waals surface area contributed by atoms with Crippen molar-refractivity contribution in [2.75, 3.05) is 0 Å². The molecule has 13 nitrogen and oxygen atoms in total. The molecule has 0 saturated carbocycles. The molecule has 0 atom stereocenters. The van der Waals surface area contributed by atoms with E-state index in [2.05, 4.69) is 237 Å². The molecule has 4 aliphatic rings. The zero-order chi connectivity index (χ0) is 90.0. The SMILES string of the molecule is c1ccc(-c2cc(-c3ccccc3)nc(-c3ccc(-c4ccc5c(c4)C4(c6ccccc6Oc6ccccc64)c4ccc(-c6nc(-c7ccccc7)nc(-c7ccccc7)n6)cc4-5)cc3)n2)cc1.c1ccc(-c2nc(-c3ccccc3)nc(-c3ccc(-c4ccc5c(c4)C4(c6ccccc6Oc6ccccc64)c4ccc(-c6nc(-c7ccccc7)nc(-c7ccccc7)n6)cc4-5)cc3)n2)cc1. The molecule has 0 saturated heterocycles. The van der Waals surface area contributed by atoms with Crippen LogP contribution in [0.5, 0.6) is 23.0 Å². The summed E-state index contributed by atoms with van der Waals surface area (Å²) in [5.74, 6) is 9.63. The Morgan fingerprint density at radius 2 is 0.331 bits per heavy atom. The van der Waals surface area contributed by atoms with Gasteiger partial charge in [-0.1, -0.05) is 413 Å².